The highest BCUT2D eigenvalue weighted by atomic mass is 19.4. The molecule has 0 amide bonds. The summed E-state index contributed by atoms with van der Waals surface area (Å²) in [5.41, 5.74) is 2.82. The summed E-state index contributed by atoms with van der Waals surface area (Å²) in [5.74, 6) is 0.0773. The molecule has 0 saturated heterocycles. The van der Waals surface area contributed by atoms with Crippen LogP contribution in [-0.2, 0) is 11.2 Å². The van der Waals surface area contributed by atoms with Crippen molar-refractivity contribution in [3.05, 3.63) is 84.4 Å². The maximum atomic E-state index is 12.3. The largest absolute Gasteiger partial charge is 0.573 e. The van der Waals surface area contributed by atoms with Gasteiger partial charge in [-0.25, -0.2) is 9.67 Å². The second-order valence-corrected chi connectivity index (χ2v) is 7.04. The summed E-state index contributed by atoms with van der Waals surface area (Å²) in [7, 11) is 0. The fraction of sp³-hybridized carbons (Fsp3) is 0.130. The molecule has 33 heavy (non-hydrogen) atoms. The number of hydrogen-bond acceptors (Lipinski definition) is 6. The molecular formula is C23H17F3N4O3. The van der Waals surface area contributed by atoms with E-state index in [1.54, 1.807) is 36.4 Å². The number of aromatic nitrogens is 4. The fourth-order valence-electron chi connectivity index (χ4n) is 2.94. The van der Waals surface area contributed by atoms with Crippen LogP contribution in [0.25, 0.3) is 17.1 Å². The number of pyridine rings is 1. The van der Waals surface area contributed by atoms with Crippen LogP contribution in [0.4, 0.5) is 13.2 Å². The molecule has 0 spiro atoms. The zero-order chi connectivity index (χ0) is 23.4. The SMILES string of the molecule is Cc1ccc(OC(=O)Cc2ccc(-c3ncn(-c4ccc(OC(F)(F)F)cc4)n3)cc2)cn1. The Labute approximate surface area is 186 Å². The van der Waals surface area contributed by atoms with E-state index in [4.69, 9.17) is 4.74 Å². The van der Waals surface area contributed by atoms with Crippen LogP contribution in [0.2, 0.25) is 0 Å². The minimum absolute atomic E-state index is 0.0857. The van der Waals surface area contributed by atoms with Crippen LogP contribution in [0, 0.1) is 6.92 Å². The molecule has 0 fully saturated rings. The van der Waals surface area contributed by atoms with Crippen molar-refractivity contribution in [2.45, 2.75) is 19.7 Å². The third kappa shape index (κ3) is 5.94. The molecule has 10 heteroatoms. The molecule has 0 aliphatic heterocycles. The normalized spacial score (nSPS) is 11.3. The Morgan fingerprint density at radius 3 is 2.27 bits per heavy atom. The van der Waals surface area contributed by atoms with Crippen molar-refractivity contribution in [1.82, 2.24) is 19.7 Å². The van der Waals surface area contributed by atoms with Crippen LogP contribution in [0.3, 0.4) is 0 Å². The molecule has 2 aromatic carbocycles. The number of nitrogens with zero attached hydrogens (tertiary/aromatic N) is 4. The predicted octanol–water partition coefficient (Wildman–Crippen LogP) is 4.68. The van der Waals surface area contributed by atoms with Gasteiger partial charge in [0.15, 0.2) is 5.82 Å². The quantitative estimate of drug-likeness (QED) is 0.394. The van der Waals surface area contributed by atoms with Crippen LogP contribution in [-0.4, -0.2) is 32.1 Å². The molecule has 0 aliphatic rings. The third-order valence-corrected chi connectivity index (χ3v) is 4.50. The van der Waals surface area contributed by atoms with E-state index in [-0.39, 0.29) is 12.2 Å². The molecule has 4 aromatic rings. The van der Waals surface area contributed by atoms with E-state index in [1.807, 2.05) is 6.92 Å². The number of alkyl halides is 3. The van der Waals surface area contributed by atoms with Crippen LogP contribution < -0.4 is 9.47 Å². The minimum atomic E-state index is -4.75. The highest BCUT2D eigenvalue weighted by Crippen LogP contribution is 2.24. The number of aryl methyl sites for hydroxylation is 1. The highest BCUT2D eigenvalue weighted by Gasteiger charge is 2.31. The van der Waals surface area contributed by atoms with Gasteiger partial charge in [-0.1, -0.05) is 24.3 Å². The molecular weight excluding hydrogens is 437 g/mol. The van der Waals surface area contributed by atoms with Gasteiger partial charge in [0.1, 0.15) is 17.8 Å². The molecule has 2 aromatic heterocycles. The Morgan fingerprint density at radius 2 is 1.64 bits per heavy atom. The lowest BCUT2D eigenvalue weighted by atomic mass is 10.1. The molecule has 168 valence electrons. The lowest BCUT2D eigenvalue weighted by molar-refractivity contribution is -0.274. The monoisotopic (exact) mass is 454 g/mol. The minimum Gasteiger partial charge on any atom is -0.425 e. The van der Waals surface area contributed by atoms with E-state index >= 15 is 0 Å². The predicted molar refractivity (Wildman–Crippen MR) is 112 cm³/mol. The topological polar surface area (TPSA) is 79.1 Å². The van der Waals surface area contributed by atoms with Gasteiger partial charge < -0.3 is 9.47 Å². The van der Waals surface area contributed by atoms with Crippen molar-refractivity contribution in [2.75, 3.05) is 0 Å². The van der Waals surface area contributed by atoms with Gasteiger partial charge in [-0.3, -0.25) is 9.78 Å². The lowest BCUT2D eigenvalue weighted by Crippen LogP contribution is -2.17. The van der Waals surface area contributed by atoms with Crippen LogP contribution in [0.15, 0.2) is 73.2 Å². The highest BCUT2D eigenvalue weighted by molar-refractivity contribution is 5.75. The summed E-state index contributed by atoms with van der Waals surface area (Å²) < 4.78 is 47.4. The molecule has 0 saturated carbocycles. The molecule has 4 rings (SSSR count). The first-order valence-electron chi connectivity index (χ1n) is 9.76. The summed E-state index contributed by atoms with van der Waals surface area (Å²) in [5, 5.41) is 4.35. The summed E-state index contributed by atoms with van der Waals surface area (Å²) in [4.78, 5) is 20.5. The summed E-state index contributed by atoms with van der Waals surface area (Å²) in [6.07, 6.45) is -1.71. The number of hydrogen-bond donors (Lipinski definition) is 0. The zero-order valence-corrected chi connectivity index (χ0v) is 17.3. The first kappa shape index (κ1) is 22.0. The number of carbonyl (C=O) groups excluding carboxylic acids is 1. The molecule has 0 radical (unpaired) electrons. The van der Waals surface area contributed by atoms with Gasteiger partial charge >= 0.3 is 12.3 Å². The summed E-state index contributed by atoms with van der Waals surface area (Å²) in [6.45, 7) is 1.84. The van der Waals surface area contributed by atoms with Crippen molar-refractivity contribution in [3.8, 4) is 28.6 Å². The van der Waals surface area contributed by atoms with E-state index in [0.717, 1.165) is 11.3 Å². The molecule has 0 aliphatic carbocycles. The van der Waals surface area contributed by atoms with E-state index < -0.39 is 12.3 Å². The van der Waals surface area contributed by atoms with Gasteiger partial charge in [0.05, 0.1) is 18.3 Å². The maximum absolute atomic E-state index is 12.3. The third-order valence-electron chi connectivity index (χ3n) is 4.50. The Hall–Kier alpha value is -4.21. The van der Waals surface area contributed by atoms with Crippen molar-refractivity contribution in [3.63, 3.8) is 0 Å². The Morgan fingerprint density at radius 1 is 0.939 bits per heavy atom. The number of halogens is 3. The molecule has 0 bridgehead atoms. The summed E-state index contributed by atoms with van der Waals surface area (Å²) in [6, 6.07) is 15.8. The van der Waals surface area contributed by atoms with E-state index in [9.17, 15) is 18.0 Å². The first-order valence-corrected chi connectivity index (χ1v) is 9.76. The molecule has 2 heterocycles. The number of carbonyl (C=O) groups is 1. The van der Waals surface area contributed by atoms with Crippen molar-refractivity contribution < 1.29 is 27.4 Å². The Kier molecular flexibility index (Phi) is 6.07. The van der Waals surface area contributed by atoms with E-state index in [0.29, 0.717) is 22.8 Å². The average Bonchev–Trinajstić information content (AvgIpc) is 3.25. The number of rotatable bonds is 6. The number of benzene rings is 2. The summed E-state index contributed by atoms with van der Waals surface area (Å²) >= 11 is 0. The van der Waals surface area contributed by atoms with E-state index in [2.05, 4.69) is 19.8 Å². The Bertz CT molecular complexity index is 1240. The number of ether oxygens (including phenoxy) is 2. The van der Waals surface area contributed by atoms with Gasteiger partial charge in [-0.15, -0.1) is 18.3 Å². The van der Waals surface area contributed by atoms with Gasteiger partial charge in [-0.2, -0.15) is 0 Å². The van der Waals surface area contributed by atoms with Gasteiger partial charge in [0.25, 0.3) is 0 Å². The van der Waals surface area contributed by atoms with Crippen molar-refractivity contribution in [2.24, 2.45) is 0 Å². The van der Waals surface area contributed by atoms with E-state index in [1.165, 1.54) is 41.5 Å². The molecule has 7 nitrogen and oxygen atoms in total. The van der Waals surface area contributed by atoms with Crippen LogP contribution in [0.1, 0.15) is 11.3 Å². The van der Waals surface area contributed by atoms with Crippen molar-refractivity contribution in [1.29, 1.82) is 0 Å². The standard InChI is InChI=1S/C23H17F3N4O3/c1-15-2-9-20(13-27-15)32-21(31)12-16-3-5-17(6-4-16)22-28-14-30(29-22)18-7-10-19(11-8-18)33-23(24,25)26/h2-11,13-14H,12H2,1H3. The lowest BCUT2D eigenvalue weighted by Gasteiger charge is -2.09. The maximum Gasteiger partial charge on any atom is 0.573 e. The second-order valence-electron chi connectivity index (χ2n) is 7.04. The fourth-order valence-corrected chi connectivity index (χ4v) is 2.94. The second kappa shape index (κ2) is 9.11. The molecule has 0 unspecified atom stereocenters. The van der Waals surface area contributed by atoms with Gasteiger partial charge in [0.2, 0.25) is 0 Å². The molecule has 0 N–H and O–H groups in total. The van der Waals surface area contributed by atoms with Gasteiger partial charge in [0, 0.05) is 11.3 Å². The van der Waals surface area contributed by atoms with Gasteiger partial charge in [-0.05, 0) is 48.9 Å². The van der Waals surface area contributed by atoms with Crippen LogP contribution in [0.5, 0.6) is 11.5 Å². The molecule has 0 atom stereocenters. The average molecular weight is 454 g/mol. The number of esters is 1. The van der Waals surface area contributed by atoms with Crippen LogP contribution >= 0.6 is 0 Å². The zero-order valence-electron chi connectivity index (χ0n) is 17.3. The Balaban J connectivity index is 1.39. The smallest absolute Gasteiger partial charge is 0.425 e. The first-order chi connectivity index (χ1) is 15.7. The van der Waals surface area contributed by atoms with Crippen molar-refractivity contribution >= 4 is 5.97 Å².